The smallest absolute Gasteiger partial charge is 0.268 e. The van der Waals surface area contributed by atoms with Crippen LogP contribution in [-0.2, 0) is 6.54 Å². The molecule has 1 N–H and O–H groups in total. The van der Waals surface area contributed by atoms with Gasteiger partial charge in [0.1, 0.15) is 22.7 Å². The Morgan fingerprint density at radius 3 is 3.00 bits per heavy atom. The number of nitrogens with zero attached hydrogens (tertiary/aromatic N) is 6. The second-order valence-electron chi connectivity index (χ2n) is 5.62. The largest absolute Gasteiger partial charge is 0.352 e. The number of nitrogens with one attached hydrogen (secondary N) is 1. The second kappa shape index (κ2) is 5.38. The van der Waals surface area contributed by atoms with Crippen molar-refractivity contribution in [2.24, 2.45) is 0 Å². The van der Waals surface area contributed by atoms with Crippen molar-refractivity contribution in [1.82, 2.24) is 29.5 Å². The van der Waals surface area contributed by atoms with Crippen LogP contribution in [0.25, 0.3) is 16.0 Å². The quantitative estimate of drug-likeness (QED) is 0.609. The van der Waals surface area contributed by atoms with Crippen LogP contribution in [0.4, 0.5) is 5.82 Å². The number of H-pyrrole nitrogens is 1. The van der Waals surface area contributed by atoms with E-state index in [0.717, 1.165) is 22.6 Å². The molecule has 0 bridgehead atoms. The zero-order valence-corrected chi connectivity index (χ0v) is 14.3. The zero-order chi connectivity index (χ0) is 16.8. The highest BCUT2D eigenvalue weighted by atomic mass is 32.1. The fourth-order valence-corrected chi connectivity index (χ4v) is 3.49. The van der Waals surface area contributed by atoms with Crippen molar-refractivity contribution in [3.63, 3.8) is 0 Å². The predicted octanol–water partition coefficient (Wildman–Crippen LogP) is 1.68. The maximum Gasteiger partial charge on any atom is 0.268 e. The number of thiophene rings is 1. The van der Waals surface area contributed by atoms with E-state index in [1.165, 1.54) is 17.7 Å². The van der Waals surface area contributed by atoms with Gasteiger partial charge in [-0.1, -0.05) is 0 Å². The van der Waals surface area contributed by atoms with Gasteiger partial charge in [0.2, 0.25) is 0 Å². The molecule has 0 spiro atoms. The molecule has 0 fully saturated rings. The fourth-order valence-electron chi connectivity index (χ4n) is 2.76. The summed E-state index contributed by atoms with van der Waals surface area (Å²) in [5.41, 5.74) is 2.52. The summed E-state index contributed by atoms with van der Waals surface area (Å²) in [7, 11) is 1.93. The number of aromatic nitrogens is 6. The third-order valence-electron chi connectivity index (χ3n) is 3.99. The number of rotatable bonds is 3. The first-order valence-corrected chi connectivity index (χ1v) is 8.27. The highest BCUT2D eigenvalue weighted by Crippen LogP contribution is 2.22. The average molecular weight is 341 g/mol. The molecule has 8 nitrogen and oxygen atoms in total. The summed E-state index contributed by atoms with van der Waals surface area (Å²) >= 11 is 1.39. The van der Waals surface area contributed by atoms with Gasteiger partial charge in [-0.05, 0) is 25.3 Å². The minimum atomic E-state index is -0.105. The molecule has 0 amide bonds. The average Bonchev–Trinajstić information content (AvgIpc) is 3.17. The molecule has 0 atom stereocenters. The molecule has 0 radical (unpaired) electrons. The number of fused-ring (bicyclic) bond motifs is 2. The normalized spacial score (nSPS) is 11.5. The van der Waals surface area contributed by atoms with Crippen LogP contribution < -0.4 is 10.5 Å². The van der Waals surface area contributed by atoms with Gasteiger partial charge in [0.05, 0.1) is 12.1 Å². The minimum Gasteiger partial charge on any atom is -0.352 e. The van der Waals surface area contributed by atoms with Crippen LogP contribution in [0.2, 0.25) is 0 Å². The number of anilines is 1. The number of aromatic amines is 1. The summed E-state index contributed by atoms with van der Waals surface area (Å²) in [5.74, 6) is 2.04. The molecule has 9 heteroatoms. The lowest BCUT2D eigenvalue weighted by atomic mass is 10.2. The van der Waals surface area contributed by atoms with Gasteiger partial charge in [-0.15, -0.1) is 11.3 Å². The van der Waals surface area contributed by atoms with Crippen molar-refractivity contribution in [2.75, 3.05) is 11.9 Å². The van der Waals surface area contributed by atoms with Crippen molar-refractivity contribution < 1.29 is 0 Å². The van der Waals surface area contributed by atoms with Crippen LogP contribution in [0.1, 0.15) is 17.1 Å². The Morgan fingerprint density at radius 2 is 2.17 bits per heavy atom. The van der Waals surface area contributed by atoms with Crippen molar-refractivity contribution in [3.8, 4) is 0 Å². The Hall–Kier alpha value is -2.81. The van der Waals surface area contributed by atoms with E-state index in [0.29, 0.717) is 22.8 Å². The van der Waals surface area contributed by atoms with Crippen LogP contribution in [0.5, 0.6) is 0 Å². The third-order valence-corrected chi connectivity index (χ3v) is 4.89. The third kappa shape index (κ3) is 2.24. The standard InChI is InChI=1S/C15H15N7OS/c1-8-9(2)18-15-16-7-17-22(15)14(8)21(3)6-11-19-10-4-5-24-12(10)13(23)20-11/h4-5,7H,6H2,1-3H3,(H,19,20,23). The lowest BCUT2D eigenvalue weighted by Gasteiger charge is -2.22. The van der Waals surface area contributed by atoms with Gasteiger partial charge in [-0.2, -0.15) is 14.6 Å². The van der Waals surface area contributed by atoms with Crippen LogP contribution in [0.3, 0.4) is 0 Å². The first-order valence-electron chi connectivity index (χ1n) is 7.39. The van der Waals surface area contributed by atoms with Gasteiger partial charge >= 0.3 is 0 Å². The lowest BCUT2D eigenvalue weighted by Crippen LogP contribution is -2.24. The van der Waals surface area contributed by atoms with Gasteiger partial charge in [0, 0.05) is 18.3 Å². The molecule has 0 aromatic carbocycles. The van der Waals surface area contributed by atoms with Crippen molar-refractivity contribution in [3.05, 3.63) is 45.2 Å². The number of hydrogen-bond acceptors (Lipinski definition) is 7. The molecule has 0 aliphatic heterocycles. The molecular formula is C15H15N7OS. The van der Waals surface area contributed by atoms with E-state index in [1.54, 1.807) is 4.52 Å². The molecule has 0 saturated carbocycles. The van der Waals surface area contributed by atoms with E-state index in [4.69, 9.17) is 0 Å². The topological polar surface area (TPSA) is 92.1 Å². The molecule has 24 heavy (non-hydrogen) atoms. The Bertz CT molecular complexity index is 1110. The van der Waals surface area contributed by atoms with Crippen LogP contribution in [0, 0.1) is 13.8 Å². The van der Waals surface area contributed by atoms with Crippen molar-refractivity contribution >= 4 is 33.1 Å². The van der Waals surface area contributed by atoms with Gasteiger partial charge in [-0.25, -0.2) is 9.97 Å². The fraction of sp³-hybridized carbons (Fsp3) is 0.267. The van der Waals surface area contributed by atoms with Crippen LogP contribution >= 0.6 is 11.3 Å². The predicted molar refractivity (Wildman–Crippen MR) is 92.6 cm³/mol. The maximum absolute atomic E-state index is 12.1. The van der Waals surface area contributed by atoms with E-state index in [-0.39, 0.29) is 5.56 Å². The zero-order valence-electron chi connectivity index (χ0n) is 13.4. The number of hydrogen-bond donors (Lipinski definition) is 1. The first kappa shape index (κ1) is 14.8. The maximum atomic E-state index is 12.1. The molecule has 0 saturated heterocycles. The molecule has 4 aromatic rings. The Morgan fingerprint density at radius 1 is 1.33 bits per heavy atom. The lowest BCUT2D eigenvalue weighted by molar-refractivity contribution is 0.783. The van der Waals surface area contributed by atoms with E-state index in [1.807, 2.05) is 37.2 Å². The van der Waals surface area contributed by atoms with Gasteiger partial charge in [0.15, 0.2) is 0 Å². The summed E-state index contributed by atoms with van der Waals surface area (Å²) in [6.45, 7) is 4.38. The molecule has 0 aliphatic carbocycles. The highest BCUT2D eigenvalue weighted by Gasteiger charge is 2.16. The van der Waals surface area contributed by atoms with Crippen LogP contribution in [0.15, 0.2) is 22.6 Å². The Labute approximate surface area is 140 Å². The molecule has 0 unspecified atom stereocenters. The summed E-state index contributed by atoms with van der Waals surface area (Å²) in [5, 5.41) is 6.12. The number of aryl methyl sites for hydroxylation is 1. The summed E-state index contributed by atoms with van der Waals surface area (Å²) in [4.78, 5) is 30.1. The summed E-state index contributed by atoms with van der Waals surface area (Å²) in [6, 6.07) is 1.86. The monoisotopic (exact) mass is 341 g/mol. The molecular weight excluding hydrogens is 326 g/mol. The van der Waals surface area contributed by atoms with Crippen molar-refractivity contribution in [1.29, 1.82) is 0 Å². The van der Waals surface area contributed by atoms with Gasteiger partial charge in [-0.3, -0.25) is 4.79 Å². The molecule has 4 rings (SSSR count). The first-order chi connectivity index (χ1) is 11.5. The van der Waals surface area contributed by atoms with E-state index >= 15 is 0 Å². The summed E-state index contributed by atoms with van der Waals surface area (Å²) < 4.78 is 2.35. The van der Waals surface area contributed by atoms with Crippen LogP contribution in [-0.4, -0.2) is 36.6 Å². The SMILES string of the molecule is Cc1nc2ncnn2c(N(C)Cc2nc3ccsc3c(=O)[nH]2)c1C. The summed E-state index contributed by atoms with van der Waals surface area (Å²) in [6.07, 6.45) is 1.48. The van der Waals surface area contributed by atoms with E-state index in [9.17, 15) is 4.79 Å². The Kier molecular flexibility index (Phi) is 3.31. The highest BCUT2D eigenvalue weighted by molar-refractivity contribution is 7.17. The minimum absolute atomic E-state index is 0.105. The molecule has 4 heterocycles. The molecule has 4 aromatic heterocycles. The van der Waals surface area contributed by atoms with Crippen molar-refractivity contribution in [2.45, 2.75) is 20.4 Å². The van der Waals surface area contributed by atoms with E-state index in [2.05, 4.69) is 25.0 Å². The Balaban J connectivity index is 1.78. The van der Waals surface area contributed by atoms with Gasteiger partial charge < -0.3 is 9.88 Å². The molecule has 122 valence electrons. The van der Waals surface area contributed by atoms with Gasteiger partial charge in [0.25, 0.3) is 11.3 Å². The van der Waals surface area contributed by atoms with E-state index < -0.39 is 0 Å². The second-order valence-corrected chi connectivity index (χ2v) is 6.54. The molecule has 0 aliphatic rings.